The number of pyridine rings is 1. The summed E-state index contributed by atoms with van der Waals surface area (Å²) >= 11 is 6.02. The molecule has 1 amide bonds. The number of H-pyrrole nitrogens is 1. The minimum absolute atomic E-state index is 0.00433. The van der Waals surface area contributed by atoms with Gasteiger partial charge in [0.15, 0.2) is 5.82 Å². The summed E-state index contributed by atoms with van der Waals surface area (Å²) in [7, 11) is 0. The highest BCUT2D eigenvalue weighted by atomic mass is 35.5. The van der Waals surface area contributed by atoms with Crippen LogP contribution in [0.2, 0.25) is 5.02 Å². The summed E-state index contributed by atoms with van der Waals surface area (Å²) < 4.78 is 37.3. The minimum atomic E-state index is -4.52. The number of aromatic amines is 1. The van der Waals surface area contributed by atoms with Gasteiger partial charge in [-0.25, -0.2) is 15.0 Å². The van der Waals surface area contributed by atoms with Crippen molar-refractivity contribution in [2.24, 2.45) is 0 Å². The average molecular weight is 441 g/mol. The van der Waals surface area contributed by atoms with Crippen LogP contribution < -0.4 is 10.2 Å². The lowest BCUT2D eigenvalue weighted by atomic mass is 10.2. The van der Waals surface area contributed by atoms with Crippen LogP contribution in [-0.4, -0.2) is 62.4 Å². The molecule has 158 valence electrons. The highest BCUT2D eigenvalue weighted by Crippen LogP contribution is 2.30. The SMILES string of the molecule is O=C(NCC(F)(F)F)[C@H]1C[C@@H](O)CN1c1ccnc(-c2c[nH]c3ncc(Cl)cc23)n1. The van der Waals surface area contributed by atoms with Gasteiger partial charge in [-0.1, -0.05) is 11.6 Å². The van der Waals surface area contributed by atoms with Crippen LogP contribution in [0.15, 0.2) is 30.7 Å². The second-order valence-corrected chi connectivity index (χ2v) is 7.32. The van der Waals surface area contributed by atoms with Crippen LogP contribution in [0.4, 0.5) is 19.0 Å². The van der Waals surface area contributed by atoms with Crippen LogP contribution in [-0.2, 0) is 4.79 Å². The normalized spacial score (nSPS) is 19.4. The maximum atomic E-state index is 12.4. The monoisotopic (exact) mass is 440 g/mol. The zero-order valence-corrected chi connectivity index (χ0v) is 16.1. The van der Waals surface area contributed by atoms with Gasteiger partial charge < -0.3 is 20.3 Å². The van der Waals surface area contributed by atoms with Gasteiger partial charge in [0.05, 0.1) is 11.1 Å². The molecule has 0 saturated carbocycles. The second kappa shape index (κ2) is 7.73. The van der Waals surface area contributed by atoms with Crippen molar-refractivity contribution in [3.63, 3.8) is 0 Å². The number of alkyl halides is 3. The summed E-state index contributed by atoms with van der Waals surface area (Å²) in [6.45, 7) is -1.38. The zero-order valence-electron chi connectivity index (χ0n) is 15.3. The van der Waals surface area contributed by atoms with E-state index in [0.717, 1.165) is 0 Å². The number of anilines is 1. The molecule has 4 heterocycles. The van der Waals surface area contributed by atoms with E-state index in [9.17, 15) is 23.1 Å². The van der Waals surface area contributed by atoms with Crippen molar-refractivity contribution in [2.45, 2.75) is 24.7 Å². The number of hydrogen-bond acceptors (Lipinski definition) is 6. The molecule has 0 aliphatic carbocycles. The molecule has 3 aromatic heterocycles. The Morgan fingerprint density at radius 1 is 1.40 bits per heavy atom. The molecule has 0 bridgehead atoms. The van der Waals surface area contributed by atoms with Crippen LogP contribution in [0.3, 0.4) is 0 Å². The summed E-state index contributed by atoms with van der Waals surface area (Å²) in [5.41, 5.74) is 1.21. The van der Waals surface area contributed by atoms with Gasteiger partial charge in [0, 0.05) is 42.5 Å². The molecule has 0 radical (unpaired) electrons. The molecule has 0 spiro atoms. The number of aliphatic hydroxyl groups excluding tert-OH is 1. The Morgan fingerprint density at radius 2 is 2.20 bits per heavy atom. The quantitative estimate of drug-likeness (QED) is 0.574. The highest BCUT2D eigenvalue weighted by molar-refractivity contribution is 6.31. The van der Waals surface area contributed by atoms with Gasteiger partial charge in [-0.15, -0.1) is 0 Å². The number of rotatable bonds is 4. The number of fused-ring (bicyclic) bond motifs is 1. The van der Waals surface area contributed by atoms with Gasteiger partial charge in [-0.05, 0) is 12.1 Å². The van der Waals surface area contributed by atoms with E-state index in [1.54, 1.807) is 12.3 Å². The van der Waals surface area contributed by atoms with Gasteiger partial charge in [-0.2, -0.15) is 13.2 Å². The van der Waals surface area contributed by atoms with Gasteiger partial charge in [0.1, 0.15) is 24.1 Å². The maximum Gasteiger partial charge on any atom is 0.405 e. The molecular formula is C18H16ClF3N6O2. The summed E-state index contributed by atoms with van der Waals surface area (Å²) in [4.78, 5) is 29.7. The third-order valence-corrected chi connectivity index (χ3v) is 4.93. The lowest BCUT2D eigenvalue weighted by Crippen LogP contribution is -2.46. The Labute approximate surface area is 173 Å². The van der Waals surface area contributed by atoms with Crippen molar-refractivity contribution in [2.75, 3.05) is 18.0 Å². The first kappa shape index (κ1) is 20.4. The van der Waals surface area contributed by atoms with Crippen molar-refractivity contribution in [3.8, 4) is 11.4 Å². The predicted molar refractivity (Wildman–Crippen MR) is 103 cm³/mol. The Bertz CT molecular complexity index is 1090. The number of β-amino-alcohol motifs (C(OH)–C–C–N with tert-alkyl or cyclic N) is 1. The molecule has 1 saturated heterocycles. The summed E-state index contributed by atoms with van der Waals surface area (Å²) in [6, 6.07) is 2.26. The Balaban J connectivity index is 1.63. The standard InChI is InChI=1S/C18H16ClF3N6O2/c19-9-3-11-12(6-25-15(11)24-5-9)16-23-2-1-14(27-16)28-7-10(29)4-13(28)17(30)26-8-18(20,21)22/h1-3,5-6,10,13,29H,4,7-8H2,(H,24,25)(H,26,30)/t10-,13-/m1/s1. The Morgan fingerprint density at radius 3 is 2.97 bits per heavy atom. The molecule has 1 fully saturated rings. The van der Waals surface area contributed by atoms with E-state index < -0.39 is 30.8 Å². The zero-order chi connectivity index (χ0) is 21.5. The van der Waals surface area contributed by atoms with E-state index in [-0.39, 0.29) is 13.0 Å². The third-order valence-electron chi connectivity index (χ3n) is 4.72. The fourth-order valence-electron chi connectivity index (χ4n) is 3.42. The Kier molecular flexibility index (Phi) is 5.24. The highest BCUT2D eigenvalue weighted by Gasteiger charge is 2.38. The van der Waals surface area contributed by atoms with Crippen LogP contribution in [0, 0.1) is 0 Å². The van der Waals surface area contributed by atoms with E-state index in [4.69, 9.17) is 11.6 Å². The number of halogens is 4. The van der Waals surface area contributed by atoms with Crippen molar-refractivity contribution in [1.29, 1.82) is 0 Å². The molecular weight excluding hydrogens is 425 g/mol. The maximum absolute atomic E-state index is 12.4. The predicted octanol–water partition coefficient (Wildman–Crippen LogP) is 2.29. The largest absolute Gasteiger partial charge is 0.405 e. The van der Waals surface area contributed by atoms with E-state index in [2.05, 4.69) is 19.9 Å². The van der Waals surface area contributed by atoms with E-state index in [0.29, 0.717) is 33.3 Å². The number of nitrogens with one attached hydrogen (secondary N) is 2. The summed E-state index contributed by atoms with van der Waals surface area (Å²) in [6.07, 6.45) is -0.762. The Hall–Kier alpha value is -2.92. The molecule has 1 aliphatic rings. The lowest BCUT2D eigenvalue weighted by Gasteiger charge is -2.25. The van der Waals surface area contributed by atoms with Gasteiger partial charge >= 0.3 is 6.18 Å². The molecule has 12 heteroatoms. The topological polar surface area (TPSA) is 107 Å². The molecule has 3 N–H and O–H groups in total. The number of aromatic nitrogens is 4. The van der Waals surface area contributed by atoms with Crippen LogP contribution >= 0.6 is 11.6 Å². The van der Waals surface area contributed by atoms with Crippen LogP contribution in [0.1, 0.15) is 6.42 Å². The van der Waals surface area contributed by atoms with Gasteiger partial charge in [0.2, 0.25) is 5.91 Å². The van der Waals surface area contributed by atoms with Crippen molar-refractivity contribution in [1.82, 2.24) is 25.3 Å². The molecule has 2 atom stereocenters. The minimum Gasteiger partial charge on any atom is -0.391 e. The smallest absolute Gasteiger partial charge is 0.391 e. The molecule has 1 aliphatic heterocycles. The lowest BCUT2D eigenvalue weighted by molar-refractivity contribution is -0.139. The number of aliphatic hydroxyl groups is 1. The van der Waals surface area contributed by atoms with Crippen molar-refractivity contribution < 1.29 is 23.1 Å². The number of amides is 1. The summed E-state index contributed by atoms with van der Waals surface area (Å²) in [5.74, 6) is -0.196. The van der Waals surface area contributed by atoms with Crippen molar-refractivity contribution in [3.05, 3.63) is 35.7 Å². The summed E-state index contributed by atoms with van der Waals surface area (Å²) in [5, 5.41) is 13.0. The van der Waals surface area contributed by atoms with E-state index in [1.165, 1.54) is 23.4 Å². The molecule has 4 rings (SSSR count). The molecule has 0 aromatic carbocycles. The molecule has 0 unspecified atom stereocenters. The first-order chi connectivity index (χ1) is 14.2. The van der Waals surface area contributed by atoms with Crippen LogP contribution in [0.5, 0.6) is 0 Å². The fourth-order valence-corrected chi connectivity index (χ4v) is 3.58. The van der Waals surface area contributed by atoms with Gasteiger partial charge in [-0.3, -0.25) is 4.79 Å². The number of hydrogen-bond donors (Lipinski definition) is 3. The number of carbonyl (C=O) groups is 1. The third kappa shape index (κ3) is 4.17. The van der Waals surface area contributed by atoms with Gasteiger partial charge in [0.25, 0.3) is 0 Å². The molecule has 3 aromatic rings. The number of nitrogens with zero attached hydrogens (tertiary/aromatic N) is 4. The first-order valence-corrected chi connectivity index (χ1v) is 9.34. The van der Waals surface area contributed by atoms with Crippen molar-refractivity contribution >= 4 is 34.4 Å². The number of carbonyl (C=O) groups excluding carboxylic acids is 1. The van der Waals surface area contributed by atoms with E-state index >= 15 is 0 Å². The van der Waals surface area contributed by atoms with Crippen LogP contribution in [0.25, 0.3) is 22.4 Å². The fraction of sp³-hybridized carbons (Fsp3) is 0.333. The average Bonchev–Trinajstić information content (AvgIpc) is 3.29. The molecule has 30 heavy (non-hydrogen) atoms. The second-order valence-electron chi connectivity index (χ2n) is 6.88. The molecule has 8 nitrogen and oxygen atoms in total. The first-order valence-electron chi connectivity index (χ1n) is 8.96. The van der Waals surface area contributed by atoms with E-state index in [1.807, 2.05) is 5.32 Å².